The van der Waals surface area contributed by atoms with E-state index in [1.165, 1.54) is 19.3 Å². The predicted molar refractivity (Wildman–Crippen MR) is 109 cm³/mol. The molecule has 4 fully saturated rings. The zero-order valence-corrected chi connectivity index (χ0v) is 18.0. The SMILES string of the molecule is CCCSc1nc(Cl)ccc1C(=O)N(C)C1C2CC3CC1CC(OC)(C3)C2. The number of carbonyl (C=O) groups is 1. The van der Waals surface area contributed by atoms with Crippen molar-refractivity contribution in [2.24, 2.45) is 17.8 Å². The Labute approximate surface area is 171 Å². The van der Waals surface area contributed by atoms with Crippen LogP contribution < -0.4 is 0 Å². The van der Waals surface area contributed by atoms with Crippen molar-refractivity contribution in [2.45, 2.75) is 62.1 Å². The van der Waals surface area contributed by atoms with E-state index in [1.54, 1.807) is 17.8 Å². The normalized spacial score (nSPS) is 34.1. The van der Waals surface area contributed by atoms with E-state index in [4.69, 9.17) is 16.3 Å². The smallest absolute Gasteiger partial charge is 0.256 e. The van der Waals surface area contributed by atoms with Crippen molar-refractivity contribution >= 4 is 29.3 Å². The Kier molecular flexibility index (Phi) is 5.47. The van der Waals surface area contributed by atoms with Gasteiger partial charge in [0.15, 0.2) is 0 Å². The molecule has 4 aliphatic rings. The molecular weight excluding hydrogens is 380 g/mol. The lowest BCUT2D eigenvalue weighted by Gasteiger charge is -2.60. The van der Waals surface area contributed by atoms with Crippen LogP contribution in [0.15, 0.2) is 17.2 Å². The number of thioether (sulfide) groups is 1. The van der Waals surface area contributed by atoms with Crippen LogP contribution >= 0.6 is 23.4 Å². The lowest BCUT2D eigenvalue weighted by molar-refractivity contribution is -0.168. The molecule has 1 aromatic heterocycles. The summed E-state index contributed by atoms with van der Waals surface area (Å²) in [6.45, 7) is 2.13. The van der Waals surface area contributed by atoms with E-state index < -0.39 is 0 Å². The molecule has 0 radical (unpaired) electrons. The third-order valence-electron chi connectivity index (χ3n) is 6.87. The van der Waals surface area contributed by atoms with Gasteiger partial charge in [0, 0.05) is 20.2 Å². The first-order valence-electron chi connectivity index (χ1n) is 10.1. The van der Waals surface area contributed by atoms with E-state index in [0.29, 0.717) is 28.6 Å². The van der Waals surface area contributed by atoms with Gasteiger partial charge in [-0.2, -0.15) is 0 Å². The molecule has 4 bridgehead atoms. The fourth-order valence-electron chi connectivity index (χ4n) is 6.02. The first-order valence-corrected chi connectivity index (χ1v) is 11.4. The highest BCUT2D eigenvalue weighted by Crippen LogP contribution is 2.58. The minimum absolute atomic E-state index is 0.0703. The van der Waals surface area contributed by atoms with Gasteiger partial charge in [0.1, 0.15) is 10.2 Å². The highest BCUT2D eigenvalue weighted by atomic mass is 35.5. The van der Waals surface area contributed by atoms with E-state index in [-0.39, 0.29) is 11.5 Å². The Bertz CT molecular complexity index is 712. The van der Waals surface area contributed by atoms with Crippen LogP contribution in [-0.2, 0) is 4.74 Å². The van der Waals surface area contributed by atoms with Crippen molar-refractivity contribution in [3.8, 4) is 0 Å². The van der Waals surface area contributed by atoms with Gasteiger partial charge in [-0.15, -0.1) is 11.8 Å². The molecule has 148 valence electrons. The maximum atomic E-state index is 13.4. The average Bonchev–Trinajstić information content (AvgIpc) is 2.65. The first kappa shape index (κ1) is 19.5. The molecular formula is C21H29ClN2O2S. The maximum absolute atomic E-state index is 13.4. The van der Waals surface area contributed by atoms with Crippen molar-refractivity contribution in [1.29, 1.82) is 0 Å². The number of rotatable bonds is 6. The summed E-state index contributed by atoms with van der Waals surface area (Å²) >= 11 is 7.72. The van der Waals surface area contributed by atoms with Crippen molar-refractivity contribution in [1.82, 2.24) is 9.88 Å². The summed E-state index contributed by atoms with van der Waals surface area (Å²) in [4.78, 5) is 19.9. The Morgan fingerprint density at radius 2 is 2.04 bits per heavy atom. The van der Waals surface area contributed by atoms with Crippen molar-refractivity contribution < 1.29 is 9.53 Å². The van der Waals surface area contributed by atoms with Gasteiger partial charge in [-0.25, -0.2) is 4.98 Å². The Morgan fingerprint density at radius 1 is 1.33 bits per heavy atom. The Morgan fingerprint density at radius 3 is 2.67 bits per heavy atom. The van der Waals surface area contributed by atoms with Gasteiger partial charge in [-0.3, -0.25) is 4.79 Å². The molecule has 4 nitrogen and oxygen atoms in total. The highest BCUT2D eigenvalue weighted by molar-refractivity contribution is 7.99. The third-order valence-corrected chi connectivity index (χ3v) is 8.27. The molecule has 0 aliphatic heterocycles. The quantitative estimate of drug-likeness (QED) is 0.495. The Balaban J connectivity index is 1.57. The summed E-state index contributed by atoms with van der Waals surface area (Å²) in [5, 5.41) is 1.21. The number of halogens is 1. The molecule has 0 saturated heterocycles. The van der Waals surface area contributed by atoms with Gasteiger partial charge in [0.25, 0.3) is 5.91 Å². The van der Waals surface area contributed by atoms with E-state index in [0.717, 1.165) is 36.0 Å². The lowest BCUT2D eigenvalue weighted by Crippen LogP contribution is -2.62. The number of hydrogen-bond donors (Lipinski definition) is 0. The number of methoxy groups -OCH3 is 1. The summed E-state index contributed by atoms with van der Waals surface area (Å²) in [7, 11) is 3.85. The second-order valence-corrected chi connectivity index (χ2v) is 10.1. The van der Waals surface area contributed by atoms with Crippen LogP contribution in [0.2, 0.25) is 5.15 Å². The number of hydrogen-bond acceptors (Lipinski definition) is 4. The lowest BCUT2D eigenvalue weighted by atomic mass is 9.52. The van der Waals surface area contributed by atoms with Crippen LogP contribution in [0.4, 0.5) is 0 Å². The van der Waals surface area contributed by atoms with Crippen LogP contribution in [0.1, 0.15) is 55.8 Å². The van der Waals surface area contributed by atoms with Crippen LogP contribution in [0.3, 0.4) is 0 Å². The van der Waals surface area contributed by atoms with E-state index in [9.17, 15) is 4.79 Å². The summed E-state index contributed by atoms with van der Waals surface area (Å²) in [6, 6.07) is 3.89. The fourth-order valence-corrected chi connectivity index (χ4v) is 7.09. The van der Waals surface area contributed by atoms with Crippen LogP contribution in [0.5, 0.6) is 0 Å². The van der Waals surface area contributed by atoms with Crippen molar-refractivity contribution in [2.75, 3.05) is 19.9 Å². The first-order chi connectivity index (χ1) is 13.0. The molecule has 0 spiro atoms. The van der Waals surface area contributed by atoms with Crippen LogP contribution in [0, 0.1) is 17.8 Å². The fraction of sp³-hybridized carbons (Fsp3) is 0.714. The molecule has 6 heteroatoms. The minimum atomic E-state index is 0.0703. The number of carbonyl (C=O) groups excluding carboxylic acids is 1. The van der Waals surface area contributed by atoms with E-state index in [2.05, 4.69) is 11.9 Å². The topological polar surface area (TPSA) is 42.4 Å². The monoisotopic (exact) mass is 408 g/mol. The zero-order chi connectivity index (χ0) is 19.2. The number of amides is 1. The van der Waals surface area contributed by atoms with Gasteiger partial charge in [-0.05, 0) is 74.2 Å². The second-order valence-electron chi connectivity index (χ2n) is 8.60. The summed E-state index contributed by atoms with van der Waals surface area (Å²) in [6.07, 6.45) is 6.90. The molecule has 0 aromatic carbocycles. The zero-order valence-electron chi connectivity index (χ0n) is 16.4. The summed E-state index contributed by atoms with van der Waals surface area (Å²) in [5.41, 5.74) is 0.761. The molecule has 1 aromatic rings. The van der Waals surface area contributed by atoms with Crippen LogP contribution in [-0.4, -0.2) is 47.3 Å². The predicted octanol–water partition coefficient (Wildman–Crippen LogP) is 4.90. The molecule has 4 saturated carbocycles. The maximum Gasteiger partial charge on any atom is 0.256 e. The molecule has 1 heterocycles. The molecule has 2 atom stereocenters. The van der Waals surface area contributed by atoms with Gasteiger partial charge in [-0.1, -0.05) is 18.5 Å². The van der Waals surface area contributed by atoms with Gasteiger partial charge in [0.2, 0.25) is 0 Å². The number of pyridine rings is 1. The largest absolute Gasteiger partial charge is 0.378 e. The number of nitrogens with zero attached hydrogens (tertiary/aromatic N) is 2. The van der Waals surface area contributed by atoms with E-state index in [1.807, 2.05) is 25.1 Å². The molecule has 4 aliphatic carbocycles. The molecule has 5 rings (SSSR count). The van der Waals surface area contributed by atoms with Crippen LogP contribution in [0.25, 0.3) is 0 Å². The molecule has 27 heavy (non-hydrogen) atoms. The van der Waals surface area contributed by atoms with Crippen molar-refractivity contribution in [3.05, 3.63) is 22.8 Å². The average molecular weight is 409 g/mol. The molecule has 2 unspecified atom stereocenters. The number of ether oxygens (including phenoxy) is 1. The van der Waals surface area contributed by atoms with Crippen molar-refractivity contribution in [3.63, 3.8) is 0 Å². The molecule has 0 N–H and O–H groups in total. The third kappa shape index (κ3) is 3.51. The Hall–Kier alpha value is -0.780. The van der Waals surface area contributed by atoms with Gasteiger partial charge in [0.05, 0.1) is 11.2 Å². The van der Waals surface area contributed by atoms with Gasteiger partial charge < -0.3 is 9.64 Å². The standard InChI is InChI=1S/C21H29ClN2O2S/c1-4-7-27-19-16(5-6-17(22)23-19)20(25)24(2)18-14-8-13-9-15(18)12-21(10-13,11-14)26-3/h5-6,13-15,18H,4,7-12H2,1-3H3. The van der Waals surface area contributed by atoms with Gasteiger partial charge >= 0.3 is 0 Å². The number of aromatic nitrogens is 1. The second kappa shape index (κ2) is 7.57. The van der Waals surface area contributed by atoms with E-state index >= 15 is 0 Å². The molecule has 1 amide bonds. The minimum Gasteiger partial charge on any atom is -0.378 e. The summed E-state index contributed by atoms with van der Waals surface area (Å²) < 4.78 is 5.97. The summed E-state index contributed by atoms with van der Waals surface area (Å²) in [5.74, 6) is 2.90. The highest BCUT2D eigenvalue weighted by Gasteiger charge is 2.57.